The molecule has 0 aliphatic carbocycles. The molecule has 3 aromatic rings. The molecule has 4 heterocycles. The molecule has 0 unspecified atom stereocenters. The van der Waals surface area contributed by atoms with E-state index in [1.807, 2.05) is 0 Å². The van der Waals surface area contributed by atoms with Gasteiger partial charge in [-0.1, -0.05) is 36.8 Å². The van der Waals surface area contributed by atoms with Crippen LogP contribution in [0.2, 0.25) is 0 Å². The lowest BCUT2D eigenvalue weighted by Gasteiger charge is -2.26. The summed E-state index contributed by atoms with van der Waals surface area (Å²) in [7, 11) is 2.16. The van der Waals surface area contributed by atoms with Crippen LogP contribution in [0.4, 0.5) is 0 Å². The van der Waals surface area contributed by atoms with Gasteiger partial charge in [0.25, 0.3) is 0 Å². The first-order valence-corrected chi connectivity index (χ1v) is 12.6. The number of fused-ring (bicyclic) bond motifs is 2. The topological polar surface area (TPSA) is 87.5 Å². The second-order valence-corrected chi connectivity index (χ2v) is 9.40. The zero-order chi connectivity index (χ0) is 24.5. The molecule has 3 N–H and O–H groups in total. The summed E-state index contributed by atoms with van der Waals surface area (Å²) < 4.78 is 5.56. The first kappa shape index (κ1) is 24.9. The molecule has 7 heteroatoms. The number of ether oxygens (including phenoxy) is 1. The Balaban J connectivity index is 0.000000158. The number of carbonyl (C=O) groups excluding carboxylic acids is 1. The summed E-state index contributed by atoms with van der Waals surface area (Å²) in [5, 5.41) is 7.74. The van der Waals surface area contributed by atoms with Crippen LogP contribution in [0.3, 0.4) is 0 Å². The Bertz CT molecular complexity index is 1080. The van der Waals surface area contributed by atoms with E-state index < -0.39 is 0 Å². The Hall–Kier alpha value is -3.16. The largest absolute Gasteiger partial charge is 0.493 e. The van der Waals surface area contributed by atoms with E-state index in [1.54, 1.807) is 0 Å². The maximum atomic E-state index is 8.58. The van der Waals surface area contributed by atoms with Crippen molar-refractivity contribution in [2.45, 2.75) is 45.2 Å². The van der Waals surface area contributed by atoms with E-state index in [4.69, 9.17) is 9.53 Å². The Morgan fingerprint density at radius 2 is 1.83 bits per heavy atom. The molecule has 6 rings (SSSR count). The lowest BCUT2D eigenvalue weighted by Crippen LogP contribution is -2.28. The van der Waals surface area contributed by atoms with E-state index in [1.165, 1.54) is 60.3 Å². The van der Waals surface area contributed by atoms with Crippen molar-refractivity contribution in [1.82, 2.24) is 20.0 Å². The summed E-state index contributed by atoms with van der Waals surface area (Å²) in [6, 6.07) is 17.2. The van der Waals surface area contributed by atoms with Gasteiger partial charge in [-0.25, -0.2) is 0 Å². The van der Waals surface area contributed by atoms with Crippen molar-refractivity contribution in [1.29, 1.82) is 0 Å². The van der Waals surface area contributed by atoms with E-state index in [0.717, 1.165) is 50.5 Å². The molecule has 35 heavy (non-hydrogen) atoms. The molecule has 3 aliphatic heterocycles. The standard InChI is InChI=1S/C15H17N3O.C12H17N.CH3NO/c1-18-6-4-13-12(9-18)15(17-16-13)11-2-3-14-10(8-11)5-7-19-14;1-3-7-12(8-4-1)11-13-9-5-2-6-10-13;2-1-3/h2-3,8H,4-7,9H2,1H3,(H,16,17);1,3-4,7-8H,2,5-6,9-11H2;1H,(H2,2,3). The Morgan fingerprint density at radius 3 is 2.60 bits per heavy atom. The molecule has 0 spiro atoms. The summed E-state index contributed by atoms with van der Waals surface area (Å²) >= 11 is 0. The molecule has 0 bridgehead atoms. The van der Waals surface area contributed by atoms with Gasteiger partial charge in [0.05, 0.1) is 12.3 Å². The van der Waals surface area contributed by atoms with Gasteiger partial charge in [-0.05, 0) is 62.3 Å². The molecule has 1 amide bonds. The van der Waals surface area contributed by atoms with Crippen molar-refractivity contribution < 1.29 is 9.53 Å². The number of H-pyrrole nitrogens is 1. The van der Waals surface area contributed by atoms with Gasteiger partial charge in [-0.2, -0.15) is 5.10 Å². The number of hydrogen-bond donors (Lipinski definition) is 2. The number of nitrogens with two attached hydrogens (primary N) is 1. The van der Waals surface area contributed by atoms with Crippen molar-refractivity contribution in [2.24, 2.45) is 5.73 Å². The lowest BCUT2D eigenvalue weighted by atomic mass is 9.99. The Labute approximate surface area is 208 Å². The zero-order valence-electron chi connectivity index (χ0n) is 20.7. The Kier molecular flexibility index (Phi) is 8.92. The van der Waals surface area contributed by atoms with Crippen LogP contribution in [0.15, 0.2) is 48.5 Å². The van der Waals surface area contributed by atoms with E-state index >= 15 is 0 Å². The first-order valence-electron chi connectivity index (χ1n) is 12.6. The van der Waals surface area contributed by atoms with Gasteiger partial charge in [0.15, 0.2) is 0 Å². The van der Waals surface area contributed by atoms with Crippen molar-refractivity contribution in [3.8, 4) is 17.0 Å². The second kappa shape index (κ2) is 12.5. The highest BCUT2D eigenvalue weighted by atomic mass is 16.5. The minimum absolute atomic E-state index is 0.250. The van der Waals surface area contributed by atoms with Gasteiger partial charge in [-0.3, -0.25) is 14.8 Å². The summed E-state index contributed by atoms with van der Waals surface area (Å²) in [5.74, 6) is 1.03. The third-order valence-corrected chi connectivity index (χ3v) is 6.78. The first-order chi connectivity index (χ1) is 17.2. The molecule has 1 aromatic heterocycles. The fraction of sp³-hybridized carbons (Fsp3) is 0.429. The highest BCUT2D eigenvalue weighted by Crippen LogP contribution is 2.33. The number of aromatic amines is 1. The van der Waals surface area contributed by atoms with Crippen molar-refractivity contribution in [2.75, 3.05) is 33.3 Å². The predicted octanol–water partition coefficient (Wildman–Crippen LogP) is 3.77. The number of piperidine rings is 1. The number of nitrogens with zero attached hydrogens (tertiary/aromatic N) is 3. The quantitative estimate of drug-likeness (QED) is 0.563. The zero-order valence-corrected chi connectivity index (χ0v) is 20.7. The van der Waals surface area contributed by atoms with Gasteiger partial charge in [0.2, 0.25) is 6.41 Å². The number of amides is 1. The van der Waals surface area contributed by atoms with E-state index in [2.05, 4.69) is 81.3 Å². The minimum atomic E-state index is 0.250. The molecule has 0 radical (unpaired) electrons. The highest BCUT2D eigenvalue weighted by Gasteiger charge is 2.22. The lowest BCUT2D eigenvalue weighted by molar-refractivity contribution is -0.106. The average molecular weight is 476 g/mol. The number of nitrogens with one attached hydrogen (secondary N) is 1. The number of rotatable bonds is 3. The monoisotopic (exact) mass is 475 g/mol. The van der Waals surface area contributed by atoms with Crippen LogP contribution in [-0.2, 0) is 30.7 Å². The number of aromatic nitrogens is 2. The van der Waals surface area contributed by atoms with Crippen molar-refractivity contribution in [3.63, 3.8) is 0 Å². The molecule has 7 nitrogen and oxygen atoms in total. The average Bonchev–Trinajstić information content (AvgIpc) is 3.52. The van der Waals surface area contributed by atoms with Gasteiger partial charge < -0.3 is 15.4 Å². The number of likely N-dealkylation sites (N-methyl/N-ethyl adjacent to an activating group) is 1. The molecule has 1 fully saturated rings. The third-order valence-electron chi connectivity index (χ3n) is 6.78. The molecular weight excluding hydrogens is 438 g/mol. The molecular formula is C28H37N5O2. The molecule has 186 valence electrons. The minimum Gasteiger partial charge on any atom is -0.493 e. The summed E-state index contributed by atoms with van der Waals surface area (Å²) in [5.41, 5.74) is 11.9. The highest BCUT2D eigenvalue weighted by molar-refractivity contribution is 5.67. The predicted molar refractivity (Wildman–Crippen MR) is 139 cm³/mol. The molecule has 0 atom stereocenters. The van der Waals surface area contributed by atoms with Gasteiger partial charge in [0.1, 0.15) is 5.75 Å². The smallest absolute Gasteiger partial charge is 0.204 e. The van der Waals surface area contributed by atoms with Crippen LogP contribution < -0.4 is 10.5 Å². The molecule has 2 aromatic carbocycles. The number of likely N-dealkylation sites (tertiary alicyclic amines) is 1. The van der Waals surface area contributed by atoms with Crippen LogP contribution in [-0.4, -0.2) is 59.7 Å². The van der Waals surface area contributed by atoms with Crippen LogP contribution in [0.25, 0.3) is 11.3 Å². The maximum Gasteiger partial charge on any atom is 0.204 e. The molecule has 1 saturated heterocycles. The number of carbonyl (C=O) groups is 1. The maximum absolute atomic E-state index is 8.58. The van der Waals surface area contributed by atoms with Crippen molar-refractivity contribution in [3.05, 3.63) is 70.9 Å². The number of benzene rings is 2. The fourth-order valence-electron chi connectivity index (χ4n) is 4.96. The summed E-state index contributed by atoms with van der Waals surface area (Å²) in [6.07, 6.45) is 6.51. The van der Waals surface area contributed by atoms with Crippen LogP contribution >= 0.6 is 0 Å². The van der Waals surface area contributed by atoms with Crippen molar-refractivity contribution >= 4 is 6.41 Å². The molecule has 0 saturated carbocycles. The SMILES string of the molecule is CN1CCc2[nH]nc(-c3ccc4c(c3)CCO4)c2C1.NC=O.c1ccc(CN2CCCCC2)cc1. The Morgan fingerprint density at radius 1 is 1.06 bits per heavy atom. The summed E-state index contributed by atoms with van der Waals surface area (Å²) in [4.78, 5) is 13.5. The van der Waals surface area contributed by atoms with Crippen LogP contribution in [0.1, 0.15) is 41.6 Å². The van der Waals surface area contributed by atoms with Gasteiger partial charge >= 0.3 is 0 Å². The van der Waals surface area contributed by atoms with Crippen LogP contribution in [0.5, 0.6) is 5.75 Å². The van der Waals surface area contributed by atoms with Gasteiger partial charge in [0, 0.05) is 49.3 Å². The van der Waals surface area contributed by atoms with E-state index in [-0.39, 0.29) is 6.41 Å². The van der Waals surface area contributed by atoms with E-state index in [0.29, 0.717) is 0 Å². The van der Waals surface area contributed by atoms with E-state index in [9.17, 15) is 0 Å². The normalized spacial score (nSPS) is 17.1. The summed E-state index contributed by atoms with van der Waals surface area (Å²) in [6.45, 7) is 6.60. The molecule has 3 aliphatic rings. The number of primary amides is 1. The second-order valence-electron chi connectivity index (χ2n) is 9.40. The number of hydrogen-bond acceptors (Lipinski definition) is 5. The third kappa shape index (κ3) is 6.71. The van der Waals surface area contributed by atoms with Gasteiger partial charge in [-0.15, -0.1) is 0 Å². The fourth-order valence-corrected chi connectivity index (χ4v) is 4.96. The van der Waals surface area contributed by atoms with Crippen LogP contribution in [0, 0.1) is 0 Å².